The van der Waals surface area contributed by atoms with Crippen LogP contribution in [0.15, 0.2) is 18.2 Å². The number of ether oxygens (including phenoxy) is 1. The minimum atomic E-state index is -0.127. The quantitative estimate of drug-likeness (QED) is 0.595. The Hall–Kier alpha value is -2.00. The molecule has 0 aliphatic carbocycles. The van der Waals surface area contributed by atoms with Crippen molar-refractivity contribution in [1.82, 2.24) is 0 Å². The average molecular weight is 304 g/mol. The molecule has 5 nitrogen and oxygen atoms in total. The molecule has 1 amide bonds. The number of ketones is 1. The molecule has 0 fully saturated rings. The van der Waals surface area contributed by atoms with E-state index < -0.39 is 0 Å². The van der Waals surface area contributed by atoms with Crippen LogP contribution in [0.5, 0.6) is 5.75 Å². The maximum atomic E-state index is 12.1. The number of anilines is 1. The molecule has 1 aliphatic rings. The number of hydrogen-bond donors (Lipinski definition) is 0. The third kappa shape index (κ3) is 3.76. The highest BCUT2D eigenvalue weighted by Gasteiger charge is 2.23. The molecule has 0 bridgehead atoms. The van der Waals surface area contributed by atoms with Gasteiger partial charge in [-0.05, 0) is 30.4 Å². The molecule has 1 heterocycles. The summed E-state index contributed by atoms with van der Waals surface area (Å²) in [7, 11) is 1.68. The molecule has 1 aromatic carbocycles. The summed E-state index contributed by atoms with van der Waals surface area (Å²) in [6.07, 6.45) is 1.31. The van der Waals surface area contributed by atoms with Gasteiger partial charge in [-0.1, -0.05) is 0 Å². The molecule has 0 radical (unpaired) electrons. The van der Waals surface area contributed by atoms with E-state index in [9.17, 15) is 9.59 Å². The smallest absolute Gasteiger partial charge is 0.264 e. The highest BCUT2D eigenvalue weighted by molar-refractivity contribution is 7.99. The number of likely N-dealkylation sites (N-methyl/N-ethyl adjacent to an activating group) is 1. The van der Waals surface area contributed by atoms with Crippen LogP contribution in [0, 0.1) is 11.3 Å². The van der Waals surface area contributed by atoms with Crippen LogP contribution in [0.3, 0.4) is 0 Å². The number of carbonyl (C=O) groups excluding carboxylic acids is 2. The number of Topliss-reactive ketones (excluding diaryl/α,β-unsaturated/α-hetero) is 1. The molecule has 0 saturated heterocycles. The third-order valence-corrected chi connectivity index (χ3v) is 4.22. The van der Waals surface area contributed by atoms with E-state index in [2.05, 4.69) is 6.07 Å². The number of rotatable bonds is 6. The second-order valence-corrected chi connectivity index (χ2v) is 5.77. The van der Waals surface area contributed by atoms with E-state index in [0.717, 1.165) is 12.2 Å². The minimum Gasteiger partial charge on any atom is -0.482 e. The topological polar surface area (TPSA) is 70.4 Å². The Morgan fingerprint density at radius 2 is 2.33 bits per heavy atom. The van der Waals surface area contributed by atoms with Crippen molar-refractivity contribution in [1.29, 1.82) is 5.26 Å². The van der Waals surface area contributed by atoms with Crippen LogP contribution in [0.4, 0.5) is 5.69 Å². The SMILES string of the molecule is CN1C(=O)COc2ccc(C(=O)CSCCCC#N)cc21. The Kier molecular flexibility index (Phi) is 5.23. The number of carbonyl (C=O) groups is 2. The van der Waals surface area contributed by atoms with Gasteiger partial charge in [0.1, 0.15) is 5.75 Å². The molecule has 1 aromatic rings. The molecule has 6 heteroatoms. The summed E-state index contributed by atoms with van der Waals surface area (Å²) < 4.78 is 5.33. The Morgan fingerprint density at radius 1 is 1.52 bits per heavy atom. The molecule has 0 atom stereocenters. The fourth-order valence-corrected chi connectivity index (χ4v) is 2.79. The predicted molar refractivity (Wildman–Crippen MR) is 81.8 cm³/mol. The number of nitriles is 1. The molecule has 110 valence electrons. The largest absolute Gasteiger partial charge is 0.482 e. The fraction of sp³-hybridized carbons (Fsp3) is 0.400. The highest BCUT2D eigenvalue weighted by Crippen LogP contribution is 2.32. The van der Waals surface area contributed by atoms with Crippen LogP contribution in [-0.2, 0) is 4.79 Å². The first-order valence-electron chi connectivity index (χ1n) is 6.65. The number of unbranched alkanes of at least 4 members (excludes halogenated alkanes) is 1. The molecule has 2 rings (SSSR count). The van der Waals surface area contributed by atoms with Crippen molar-refractivity contribution in [3.05, 3.63) is 23.8 Å². The Bertz CT molecular complexity index is 595. The molecule has 0 spiro atoms. The van der Waals surface area contributed by atoms with Crippen molar-refractivity contribution in [3.63, 3.8) is 0 Å². The van der Waals surface area contributed by atoms with Gasteiger partial charge in [-0.2, -0.15) is 17.0 Å². The lowest BCUT2D eigenvalue weighted by molar-refractivity contribution is -0.120. The second kappa shape index (κ2) is 7.14. The molecule has 0 aromatic heterocycles. The summed E-state index contributed by atoms with van der Waals surface area (Å²) >= 11 is 1.52. The van der Waals surface area contributed by atoms with Gasteiger partial charge < -0.3 is 9.64 Å². The van der Waals surface area contributed by atoms with E-state index >= 15 is 0 Å². The zero-order valence-electron chi connectivity index (χ0n) is 11.8. The maximum absolute atomic E-state index is 12.1. The summed E-state index contributed by atoms with van der Waals surface area (Å²) in [5.74, 6) is 1.69. The first-order valence-corrected chi connectivity index (χ1v) is 7.80. The zero-order valence-corrected chi connectivity index (χ0v) is 12.6. The number of fused-ring (bicyclic) bond motifs is 1. The lowest BCUT2D eigenvalue weighted by Crippen LogP contribution is -2.35. The number of thioether (sulfide) groups is 1. The van der Waals surface area contributed by atoms with Gasteiger partial charge in [0.25, 0.3) is 5.91 Å². The summed E-state index contributed by atoms with van der Waals surface area (Å²) in [4.78, 5) is 25.2. The molecular weight excluding hydrogens is 288 g/mol. The molecular formula is C15H16N2O3S. The number of amides is 1. The average Bonchev–Trinajstić information content (AvgIpc) is 2.50. The van der Waals surface area contributed by atoms with Gasteiger partial charge >= 0.3 is 0 Å². The summed E-state index contributed by atoms with van der Waals surface area (Å²) in [6, 6.07) is 7.23. The van der Waals surface area contributed by atoms with Crippen LogP contribution >= 0.6 is 11.8 Å². The van der Waals surface area contributed by atoms with Crippen molar-refractivity contribution in [2.75, 3.05) is 30.1 Å². The van der Waals surface area contributed by atoms with Gasteiger partial charge in [-0.25, -0.2) is 0 Å². The fourth-order valence-electron chi connectivity index (χ4n) is 1.95. The monoisotopic (exact) mass is 304 g/mol. The molecule has 0 N–H and O–H groups in total. The molecule has 21 heavy (non-hydrogen) atoms. The van der Waals surface area contributed by atoms with Crippen molar-refractivity contribution < 1.29 is 14.3 Å². The van der Waals surface area contributed by atoms with Crippen LogP contribution < -0.4 is 9.64 Å². The van der Waals surface area contributed by atoms with Crippen LogP contribution in [-0.4, -0.2) is 36.9 Å². The van der Waals surface area contributed by atoms with E-state index in [1.165, 1.54) is 16.7 Å². The maximum Gasteiger partial charge on any atom is 0.264 e. The third-order valence-electron chi connectivity index (χ3n) is 3.18. The van der Waals surface area contributed by atoms with Crippen LogP contribution in [0.25, 0.3) is 0 Å². The first-order chi connectivity index (χ1) is 10.1. The van der Waals surface area contributed by atoms with Crippen molar-refractivity contribution in [3.8, 4) is 11.8 Å². The summed E-state index contributed by atoms with van der Waals surface area (Å²) in [6.45, 7) is 0.0333. The Labute approximate surface area is 127 Å². The van der Waals surface area contributed by atoms with E-state index in [-0.39, 0.29) is 18.3 Å². The Morgan fingerprint density at radius 3 is 3.10 bits per heavy atom. The van der Waals surface area contributed by atoms with E-state index in [4.69, 9.17) is 10.00 Å². The van der Waals surface area contributed by atoms with Gasteiger partial charge in [0.05, 0.1) is 17.5 Å². The lowest BCUT2D eigenvalue weighted by Gasteiger charge is -2.26. The zero-order chi connectivity index (χ0) is 15.2. The highest BCUT2D eigenvalue weighted by atomic mass is 32.2. The van der Waals surface area contributed by atoms with Gasteiger partial charge in [0, 0.05) is 19.0 Å². The van der Waals surface area contributed by atoms with E-state index in [0.29, 0.717) is 29.2 Å². The van der Waals surface area contributed by atoms with Gasteiger partial charge in [0.2, 0.25) is 0 Å². The van der Waals surface area contributed by atoms with E-state index in [1.807, 2.05) is 0 Å². The van der Waals surface area contributed by atoms with Crippen LogP contribution in [0.2, 0.25) is 0 Å². The first kappa shape index (κ1) is 15.4. The van der Waals surface area contributed by atoms with E-state index in [1.54, 1.807) is 25.2 Å². The predicted octanol–water partition coefficient (Wildman–Crippen LogP) is 2.26. The normalized spacial score (nSPS) is 13.3. The number of nitrogens with zero attached hydrogens (tertiary/aromatic N) is 2. The van der Waals surface area contributed by atoms with Crippen molar-refractivity contribution in [2.24, 2.45) is 0 Å². The second-order valence-electron chi connectivity index (χ2n) is 4.66. The van der Waals surface area contributed by atoms with Crippen molar-refractivity contribution >= 4 is 29.1 Å². The lowest BCUT2D eigenvalue weighted by atomic mass is 10.1. The van der Waals surface area contributed by atoms with Crippen LogP contribution in [0.1, 0.15) is 23.2 Å². The minimum absolute atomic E-state index is 0.0196. The summed E-state index contributed by atoms with van der Waals surface area (Å²) in [5.41, 5.74) is 1.21. The summed E-state index contributed by atoms with van der Waals surface area (Å²) in [5, 5.41) is 8.44. The molecule has 0 saturated carbocycles. The van der Waals surface area contributed by atoms with Gasteiger partial charge in [-0.15, -0.1) is 0 Å². The van der Waals surface area contributed by atoms with Crippen molar-refractivity contribution in [2.45, 2.75) is 12.8 Å². The van der Waals surface area contributed by atoms with Gasteiger partial charge in [0.15, 0.2) is 12.4 Å². The molecule has 0 unspecified atom stereocenters. The molecule has 1 aliphatic heterocycles. The Balaban J connectivity index is 1.99. The standard InChI is InChI=1S/C15H16N2O3S/c1-17-12-8-11(4-5-14(12)20-9-15(17)19)13(18)10-21-7-3-2-6-16/h4-5,8H,2-3,7,9-10H2,1H3. The van der Waals surface area contributed by atoms with Gasteiger partial charge in [-0.3, -0.25) is 9.59 Å². The number of hydrogen-bond acceptors (Lipinski definition) is 5. The number of benzene rings is 1.